The summed E-state index contributed by atoms with van der Waals surface area (Å²) in [5.74, 6) is 0.722. The topological polar surface area (TPSA) is 58.4 Å². The van der Waals surface area contributed by atoms with Gasteiger partial charge in [-0.1, -0.05) is 19.8 Å². The second kappa shape index (κ2) is 6.02. The fourth-order valence-corrected chi connectivity index (χ4v) is 3.15. The van der Waals surface area contributed by atoms with Crippen molar-refractivity contribution in [1.82, 2.24) is 10.2 Å². The average Bonchev–Trinajstić information content (AvgIpc) is 2.85. The summed E-state index contributed by atoms with van der Waals surface area (Å²) < 4.78 is 0. The molecule has 0 spiro atoms. The Morgan fingerprint density at radius 3 is 2.50 bits per heavy atom. The minimum absolute atomic E-state index is 0.0814. The lowest BCUT2D eigenvalue weighted by molar-refractivity contribution is -0.126. The van der Waals surface area contributed by atoms with Crippen LogP contribution in [0.15, 0.2) is 0 Å². The first-order chi connectivity index (χ1) is 8.64. The van der Waals surface area contributed by atoms with Crippen LogP contribution in [0.1, 0.15) is 45.4 Å². The third-order valence-corrected chi connectivity index (χ3v) is 4.65. The lowest BCUT2D eigenvalue weighted by Gasteiger charge is -2.32. The van der Waals surface area contributed by atoms with E-state index in [4.69, 9.17) is 5.73 Å². The molecule has 2 aliphatic rings. The molecule has 2 fully saturated rings. The van der Waals surface area contributed by atoms with Crippen molar-refractivity contribution in [2.75, 3.05) is 26.2 Å². The maximum atomic E-state index is 12.1. The largest absolute Gasteiger partial charge is 0.354 e. The molecule has 0 atom stereocenters. The SMILES string of the molecule is CCN1CCC(CNC(=O)C2(N)CCCC2)CC1. The minimum atomic E-state index is -0.565. The molecule has 0 bridgehead atoms. The molecule has 0 aromatic rings. The molecule has 2 rings (SSSR count). The van der Waals surface area contributed by atoms with Crippen LogP contribution in [0, 0.1) is 5.92 Å². The van der Waals surface area contributed by atoms with Gasteiger partial charge in [0.15, 0.2) is 0 Å². The van der Waals surface area contributed by atoms with Crippen molar-refractivity contribution in [3.05, 3.63) is 0 Å². The summed E-state index contributed by atoms with van der Waals surface area (Å²) in [6, 6.07) is 0. The summed E-state index contributed by atoms with van der Waals surface area (Å²) in [5, 5.41) is 3.09. The smallest absolute Gasteiger partial charge is 0.240 e. The van der Waals surface area contributed by atoms with Crippen molar-refractivity contribution in [3.8, 4) is 0 Å². The van der Waals surface area contributed by atoms with Crippen molar-refractivity contribution >= 4 is 5.91 Å². The number of likely N-dealkylation sites (tertiary alicyclic amines) is 1. The summed E-state index contributed by atoms with van der Waals surface area (Å²) in [6.07, 6.45) is 6.30. The van der Waals surface area contributed by atoms with Crippen LogP contribution in [0.5, 0.6) is 0 Å². The number of hydrogen-bond acceptors (Lipinski definition) is 3. The van der Waals surface area contributed by atoms with Gasteiger partial charge in [0, 0.05) is 6.54 Å². The number of nitrogens with two attached hydrogens (primary N) is 1. The van der Waals surface area contributed by atoms with Gasteiger partial charge in [0.25, 0.3) is 0 Å². The summed E-state index contributed by atoms with van der Waals surface area (Å²) in [4.78, 5) is 14.6. The number of amides is 1. The fourth-order valence-electron chi connectivity index (χ4n) is 3.15. The number of nitrogens with zero attached hydrogens (tertiary/aromatic N) is 1. The first-order valence-corrected chi connectivity index (χ1v) is 7.43. The molecule has 1 heterocycles. The molecule has 3 N–H and O–H groups in total. The van der Waals surface area contributed by atoms with E-state index in [9.17, 15) is 4.79 Å². The van der Waals surface area contributed by atoms with Gasteiger partial charge >= 0.3 is 0 Å². The van der Waals surface area contributed by atoms with E-state index in [0.717, 1.165) is 38.8 Å². The van der Waals surface area contributed by atoms with Gasteiger partial charge in [0.1, 0.15) is 0 Å². The monoisotopic (exact) mass is 253 g/mol. The summed E-state index contributed by atoms with van der Waals surface area (Å²) in [6.45, 7) is 6.51. The van der Waals surface area contributed by atoms with Crippen molar-refractivity contribution in [3.63, 3.8) is 0 Å². The third-order valence-electron chi connectivity index (χ3n) is 4.65. The second-order valence-electron chi connectivity index (χ2n) is 5.95. The Morgan fingerprint density at radius 2 is 1.94 bits per heavy atom. The Bertz CT molecular complexity index is 279. The molecule has 18 heavy (non-hydrogen) atoms. The van der Waals surface area contributed by atoms with E-state index in [2.05, 4.69) is 17.1 Å². The molecule has 1 amide bonds. The molecule has 1 saturated carbocycles. The highest BCUT2D eigenvalue weighted by molar-refractivity contribution is 5.86. The van der Waals surface area contributed by atoms with Crippen LogP contribution < -0.4 is 11.1 Å². The number of hydrogen-bond donors (Lipinski definition) is 2. The Morgan fingerprint density at radius 1 is 1.33 bits per heavy atom. The predicted molar refractivity (Wildman–Crippen MR) is 73.2 cm³/mol. The molecule has 0 aromatic carbocycles. The van der Waals surface area contributed by atoms with Crippen molar-refractivity contribution in [2.24, 2.45) is 11.7 Å². The van der Waals surface area contributed by atoms with Crippen molar-refractivity contribution in [1.29, 1.82) is 0 Å². The molecule has 104 valence electrons. The Balaban J connectivity index is 1.70. The van der Waals surface area contributed by atoms with Gasteiger partial charge in [0.05, 0.1) is 5.54 Å². The summed E-state index contributed by atoms with van der Waals surface area (Å²) in [5.41, 5.74) is 5.58. The zero-order valence-electron chi connectivity index (χ0n) is 11.6. The molecule has 4 nitrogen and oxygen atoms in total. The Kier molecular flexibility index (Phi) is 4.62. The van der Waals surface area contributed by atoms with Crippen LogP contribution in [0.2, 0.25) is 0 Å². The van der Waals surface area contributed by atoms with E-state index < -0.39 is 5.54 Å². The average molecular weight is 253 g/mol. The van der Waals surface area contributed by atoms with Crippen LogP contribution in [0.25, 0.3) is 0 Å². The first kappa shape index (κ1) is 13.8. The number of carbonyl (C=O) groups is 1. The quantitative estimate of drug-likeness (QED) is 0.789. The lowest BCUT2D eigenvalue weighted by Crippen LogP contribution is -2.53. The first-order valence-electron chi connectivity index (χ1n) is 7.43. The van der Waals surface area contributed by atoms with Gasteiger partial charge in [0.2, 0.25) is 5.91 Å². The second-order valence-corrected chi connectivity index (χ2v) is 5.95. The summed E-state index contributed by atoms with van der Waals surface area (Å²) in [7, 11) is 0. The highest BCUT2D eigenvalue weighted by Gasteiger charge is 2.37. The Labute approximate surface area is 110 Å². The van der Waals surface area contributed by atoms with Gasteiger partial charge in [-0.05, 0) is 51.2 Å². The maximum Gasteiger partial charge on any atom is 0.240 e. The number of nitrogens with one attached hydrogen (secondary N) is 1. The molecule has 1 saturated heterocycles. The highest BCUT2D eigenvalue weighted by atomic mass is 16.2. The van der Waals surface area contributed by atoms with Crippen LogP contribution in [-0.4, -0.2) is 42.5 Å². The van der Waals surface area contributed by atoms with Crippen molar-refractivity contribution in [2.45, 2.75) is 51.0 Å². The standard InChI is InChI=1S/C14H27N3O/c1-2-17-9-5-12(6-10-17)11-16-13(18)14(15)7-3-4-8-14/h12H,2-11,15H2,1H3,(H,16,18). The normalized spacial score (nSPS) is 25.2. The molecule has 0 unspecified atom stereocenters. The van der Waals surface area contributed by atoms with Crippen molar-refractivity contribution < 1.29 is 4.79 Å². The van der Waals surface area contributed by atoms with Crippen LogP contribution in [-0.2, 0) is 4.79 Å². The minimum Gasteiger partial charge on any atom is -0.354 e. The molecule has 4 heteroatoms. The lowest BCUT2D eigenvalue weighted by atomic mass is 9.94. The van der Waals surface area contributed by atoms with E-state index in [1.165, 1.54) is 25.9 Å². The van der Waals surface area contributed by atoms with E-state index >= 15 is 0 Å². The number of rotatable bonds is 4. The number of piperidine rings is 1. The van der Waals surface area contributed by atoms with E-state index in [-0.39, 0.29) is 5.91 Å². The van der Waals surface area contributed by atoms with E-state index in [1.807, 2.05) is 0 Å². The maximum absolute atomic E-state index is 12.1. The molecule has 1 aliphatic heterocycles. The number of carbonyl (C=O) groups excluding carboxylic acids is 1. The third kappa shape index (κ3) is 3.23. The fraction of sp³-hybridized carbons (Fsp3) is 0.929. The molecule has 1 aliphatic carbocycles. The van der Waals surface area contributed by atoms with Crippen LogP contribution in [0.4, 0.5) is 0 Å². The van der Waals surface area contributed by atoms with Crippen LogP contribution >= 0.6 is 0 Å². The van der Waals surface area contributed by atoms with E-state index in [0.29, 0.717) is 5.92 Å². The summed E-state index contributed by atoms with van der Waals surface area (Å²) >= 11 is 0. The zero-order valence-corrected chi connectivity index (χ0v) is 11.6. The molecular weight excluding hydrogens is 226 g/mol. The van der Waals surface area contributed by atoms with E-state index in [1.54, 1.807) is 0 Å². The van der Waals surface area contributed by atoms with Gasteiger partial charge in [-0.25, -0.2) is 0 Å². The highest BCUT2D eigenvalue weighted by Crippen LogP contribution is 2.27. The van der Waals surface area contributed by atoms with Crippen LogP contribution in [0.3, 0.4) is 0 Å². The molecule has 0 radical (unpaired) electrons. The Hall–Kier alpha value is -0.610. The van der Waals surface area contributed by atoms with Gasteiger partial charge in [-0.15, -0.1) is 0 Å². The van der Waals surface area contributed by atoms with Gasteiger partial charge < -0.3 is 16.0 Å². The predicted octanol–water partition coefficient (Wildman–Crippen LogP) is 1.11. The van der Waals surface area contributed by atoms with Gasteiger partial charge in [-0.3, -0.25) is 4.79 Å². The van der Waals surface area contributed by atoms with Gasteiger partial charge in [-0.2, -0.15) is 0 Å². The molecular formula is C14H27N3O. The zero-order chi connectivity index (χ0) is 13.0. The molecule has 0 aromatic heterocycles.